The molecule has 31 heavy (non-hydrogen) atoms. The van der Waals surface area contributed by atoms with Crippen molar-refractivity contribution in [2.45, 2.75) is 35.5 Å². The van der Waals surface area contributed by atoms with E-state index in [1.54, 1.807) is 16.7 Å². The molecule has 0 radical (unpaired) electrons. The highest BCUT2D eigenvalue weighted by Crippen LogP contribution is 2.28. The number of benzene rings is 1. The molecule has 0 aromatic heterocycles. The van der Waals surface area contributed by atoms with Gasteiger partial charge in [-0.2, -0.15) is 4.31 Å². The number of hydrogen-bond acceptors (Lipinski definition) is 7. The summed E-state index contributed by atoms with van der Waals surface area (Å²) < 4.78 is 56.1. The minimum atomic E-state index is -3.67. The van der Waals surface area contributed by atoms with Crippen molar-refractivity contribution in [3.05, 3.63) is 29.8 Å². The van der Waals surface area contributed by atoms with Crippen LogP contribution in [0, 0.1) is 0 Å². The highest BCUT2D eigenvalue weighted by Gasteiger charge is 2.41. The summed E-state index contributed by atoms with van der Waals surface area (Å²) in [6.07, 6.45) is 2.49. The van der Waals surface area contributed by atoms with Gasteiger partial charge in [0.1, 0.15) is 0 Å². The molecule has 1 amide bonds. The first kappa shape index (κ1) is 23.0. The molecule has 0 spiro atoms. The Labute approximate surface area is 188 Å². The van der Waals surface area contributed by atoms with Crippen molar-refractivity contribution in [2.24, 2.45) is 0 Å². The second-order valence-electron chi connectivity index (χ2n) is 8.20. The molecule has 0 aliphatic carbocycles. The Bertz CT molecular complexity index is 1010. The molecule has 3 aliphatic heterocycles. The number of nitrogens with zero attached hydrogens (tertiary/aromatic N) is 2. The van der Waals surface area contributed by atoms with Gasteiger partial charge in [0, 0.05) is 43.4 Å². The topological polar surface area (TPSA) is 101 Å². The predicted octanol–water partition coefficient (Wildman–Crippen LogP) is 1.23. The van der Waals surface area contributed by atoms with Gasteiger partial charge in [-0.05, 0) is 31.4 Å². The van der Waals surface area contributed by atoms with Gasteiger partial charge >= 0.3 is 0 Å². The van der Waals surface area contributed by atoms with E-state index in [2.05, 4.69) is 0 Å². The van der Waals surface area contributed by atoms with Crippen LogP contribution in [0.2, 0.25) is 0 Å². The summed E-state index contributed by atoms with van der Waals surface area (Å²) in [5, 5.41) is -0.866. The number of rotatable bonds is 6. The van der Waals surface area contributed by atoms with Crippen LogP contribution in [0.25, 0.3) is 0 Å². The fourth-order valence-electron chi connectivity index (χ4n) is 4.25. The van der Waals surface area contributed by atoms with Crippen molar-refractivity contribution >= 4 is 37.5 Å². The fraction of sp³-hybridized carbons (Fsp3) is 0.650. The zero-order chi connectivity index (χ0) is 22.1. The van der Waals surface area contributed by atoms with Gasteiger partial charge in [-0.15, -0.1) is 11.8 Å². The van der Waals surface area contributed by atoms with Crippen LogP contribution in [0.1, 0.15) is 29.6 Å². The maximum absolute atomic E-state index is 13.1. The molecule has 3 heterocycles. The summed E-state index contributed by atoms with van der Waals surface area (Å²) in [6, 6.07) is 7.50. The van der Waals surface area contributed by atoms with E-state index >= 15 is 0 Å². The molecule has 11 heteroatoms. The summed E-state index contributed by atoms with van der Waals surface area (Å²) in [7, 11) is -6.95. The molecule has 1 aromatic rings. The third-order valence-corrected chi connectivity index (χ3v) is 11.6. The van der Waals surface area contributed by atoms with Crippen LogP contribution in [-0.2, 0) is 24.6 Å². The number of ether oxygens (including phenoxy) is 1. The molecule has 8 nitrogen and oxygen atoms in total. The van der Waals surface area contributed by atoms with Crippen LogP contribution in [0.4, 0.5) is 0 Å². The normalized spacial score (nSPS) is 26.9. The molecule has 3 fully saturated rings. The fourth-order valence-corrected chi connectivity index (χ4v) is 9.88. The lowest BCUT2D eigenvalue weighted by Crippen LogP contribution is -2.52. The van der Waals surface area contributed by atoms with Crippen LogP contribution in [-0.4, -0.2) is 93.3 Å². The molecule has 0 saturated carbocycles. The summed E-state index contributed by atoms with van der Waals surface area (Å²) in [6.45, 7) is 1.77. The number of hydrogen-bond donors (Lipinski definition) is 0. The van der Waals surface area contributed by atoms with Gasteiger partial charge in [-0.3, -0.25) is 4.79 Å². The van der Waals surface area contributed by atoms with Gasteiger partial charge in [0.05, 0.1) is 28.4 Å². The lowest BCUT2D eigenvalue weighted by molar-refractivity contribution is 0.0694. The minimum Gasteiger partial charge on any atom is -0.377 e. The van der Waals surface area contributed by atoms with Crippen LogP contribution in [0.15, 0.2) is 29.2 Å². The number of sulfonamides is 1. The Hall–Kier alpha value is -1.14. The molecule has 0 bridgehead atoms. The first-order valence-electron chi connectivity index (χ1n) is 10.6. The van der Waals surface area contributed by atoms with Crippen LogP contribution < -0.4 is 0 Å². The number of sulfone groups is 1. The maximum atomic E-state index is 13.1. The van der Waals surface area contributed by atoms with Crippen LogP contribution in [0.3, 0.4) is 0 Å². The number of piperazine rings is 1. The van der Waals surface area contributed by atoms with Crippen molar-refractivity contribution in [3.8, 4) is 0 Å². The van der Waals surface area contributed by atoms with E-state index in [0.29, 0.717) is 18.7 Å². The lowest BCUT2D eigenvalue weighted by atomic mass is 10.2. The van der Waals surface area contributed by atoms with Crippen LogP contribution >= 0.6 is 11.8 Å². The Morgan fingerprint density at radius 1 is 1.13 bits per heavy atom. The second kappa shape index (κ2) is 9.38. The minimum absolute atomic E-state index is 0.0737. The average molecular weight is 489 g/mol. The second-order valence-corrected chi connectivity index (χ2v) is 13.7. The zero-order valence-corrected chi connectivity index (χ0v) is 19.8. The van der Waals surface area contributed by atoms with Gasteiger partial charge in [0.2, 0.25) is 10.0 Å². The molecule has 0 N–H and O–H groups in total. The number of carbonyl (C=O) groups is 1. The third-order valence-electron chi connectivity index (χ3n) is 6.06. The quantitative estimate of drug-likeness (QED) is 0.555. The summed E-state index contributed by atoms with van der Waals surface area (Å²) in [5.74, 6) is 0.330. The molecule has 3 saturated heterocycles. The van der Waals surface area contributed by atoms with E-state index in [9.17, 15) is 21.6 Å². The van der Waals surface area contributed by atoms with Gasteiger partial charge in [-0.25, -0.2) is 16.8 Å². The molecular formula is C20H28N2O6S3. The Kier molecular flexibility index (Phi) is 6.97. The van der Waals surface area contributed by atoms with Gasteiger partial charge < -0.3 is 9.64 Å². The van der Waals surface area contributed by atoms with Gasteiger partial charge in [0.15, 0.2) is 9.84 Å². The number of thioether (sulfide) groups is 1. The smallest absolute Gasteiger partial charge is 0.255 e. The van der Waals surface area contributed by atoms with E-state index in [1.165, 1.54) is 4.31 Å². The molecular weight excluding hydrogens is 460 g/mol. The van der Waals surface area contributed by atoms with E-state index in [0.717, 1.165) is 30.1 Å². The average Bonchev–Trinajstić information content (AvgIpc) is 3.41. The van der Waals surface area contributed by atoms with Crippen molar-refractivity contribution in [1.82, 2.24) is 9.21 Å². The molecule has 2 atom stereocenters. The SMILES string of the molecule is O=C(c1ccccc1SCC1CCCO1)N1CCN(S(=O)(=O)C2CCS(=O)(=O)C2)CC1. The van der Waals surface area contributed by atoms with E-state index in [4.69, 9.17) is 4.74 Å². The predicted molar refractivity (Wildman–Crippen MR) is 120 cm³/mol. The van der Waals surface area contributed by atoms with Crippen molar-refractivity contribution < 1.29 is 26.4 Å². The van der Waals surface area contributed by atoms with Gasteiger partial charge in [-0.1, -0.05) is 12.1 Å². The molecule has 172 valence electrons. The van der Waals surface area contributed by atoms with Crippen molar-refractivity contribution in [3.63, 3.8) is 0 Å². The first-order valence-corrected chi connectivity index (χ1v) is 14.9. The highest BCUT2D eigenvalue weighted by molar-refractivity contribution is 7.99. The summed E-state index contributed by atoms with van der Waals surface area (Å²) in [5.41, 5.74) is 0.628. The largest absolute Gasteiger partial charge is 0.377 e. The summed E-state index contributed by atoms with van der Waals surface area (Å²) >= 11 is 1.62. The number of amides is 1. The first-order chi connectivity index (χ1) is 14.8. The maximum Gasteiger partial charge on any atom is 0.255 e. The molecule has 4 rings (SSSR count). The van der Waals surface area contributed by atoms with Crippen LogP contribution in [0.5, 0.6) is 0 Å². The summed E-state index contributed by atoms with van der Waals surface area (Å²) in [4.78, 5) is 15.7. The Balaban J connectivity index is 1.37. The highest BCUT2D eigenvalue weighted by atomic mass is 32.2. The Morgan fingerprint density at radius 2 is 1.87 bits per heavy atom. The zero-order valence-electron chi connectivity index (χ0n) is 17.3. The van der Waals surface area contributed by atoms with Gasteiger partial charge in [0.25, 0.3) is 5.91 Å². The monoisotopic (exact) mass is 488 g/mol. The molecule has 3 aliphatic rings. The molecule has 2 unspecified atom stereocenters. The van der Waals surface area contributed by atoms with E-state index in [-0.39, 0.29) is 43.0 Å². The molecule has 1 aromatic carbocycles. The van der Waals surface area contributed by atoms with Crippen molar-refractivity contribution in [1.29, 1.82) is 0 Å². The standard InChI is InChI=1S/C20H28N2O6S3/c23-20(18-5-1-2-6-19(18)29-14-16-4-3-12-28-16)21-8-10-22(11-9-21)31(26,27)17-7-13-30(24,25)15-17/h1-2,5-6,16-17H,3-4,7-15H2. The third kappa shape index (κ3) is 5.27. The van der Waals surface area contributed by atoms with E-state index in [1.807, 2.05) is 24.3 Å². The lowest BCUT2D eigenvalue weighted by Gasteiger charge is -2.35. The van der Waals surface area contributed by atoms with E-state index < -0.39 is 25.1 Å². The Morgan fingerprint density at radius 3 is 2.52 bits per heavy atom. The van der Waals surface area contributed by atoms with Crippen molar-refractivity contribution in [2.75, 3.05) is 50.0 Å². The number of carbonyl (C=O) groups excluding carboxylic acids is 1.